The van der Waals surface area contributed by atoms with Gasteiger partial charge >= 0.3 is 12.1 Å². The number of amides is 1. The first-order valence-corrected chi connectivity index (χ1v) is 6.28. The summed E-state index contributed by atoms with van der Waals surface area (Å²) in [5.41, 5.74) is 0.193. The Morgan fingerprint density at radius 3 is 2.60 bits per heavy atom. The maximum Gasteiger partial charge on any atom is 0.408 e. The number of hydrogen-bond donors (Lipinski definition) is 1. The maximum absolute atomic E-state index is 11.7. The molecular weight excluding hydrogens is 260 g/mol. The first-order chi connectivity index (χ1) is 9.31. The van der Waals surface area contributed by atoms with Crippen LogP contribution in [0.4, 0.5) is 4.79 Å². The monoisotopic (exact) mass is 280 g/mol. The highest BCUT2D eigenvalue weighted by atomic mass is 16.6. The topological polar surface area (TPSA) is 77.5 Å². The molecule has 1 heterocycles. The second-order valence-electron chi connectivity index (χ2n) is 5.29. The Hall–Kier alpha value is -2.11. The highest BCUT2D eigenvalue weighted by Crippen LogP contribution is 2.08. The average Bonchev–Trinajstić information content (AvgIpc) is 2.36. The molecule has 0 unspecified atom stereocenters. The maximum atomic E-state index is 11.7. The van der Waals surface area contributed by atoms with E-state index >= 15 is 0 Å². The second kappa shape index (κ2) is 6.88. The van der Waals surface area contributed by atoms with Gasteiger partial charge in [0.15, 0.2) is 0 Å². The van der Waals surface area contributed by atoms with Gasteiger partial charge in [-0.15, -0.1) is 0 Å². The Kier molecular flexibility index (Phi) is 5.49. The van der Waals surface area contributed by atoms with Crippen LogP contribution in [-0.4, -0.2) is 35.8 Å². The molecule has 0 aromatic carbocycles. The predicted octanol–water partition coefficient (Wildman–Crippen LogP) is 1.69. The van der Waals surface area contributed by atoms with Crippen molar-refractivity contribution in [1.29, 1.82) is 0 Å². The molecule has 1 aromatic rings. The molecule has 0 radical (unpaired) electrons. The van der Waals surface area contributed by atoms with Gasteiger partial charge in [-0.2, -0.15) is 0 Å². The zero-order valence-corrected chi connectivity index (χ0v) is 12.2. The summed E-state index contributed by atoms with van der Waals surface area (Å²) in [5.74, 6) is -0.528. The lowest BCUT2D eigenvalue weighted by molar-refractivity contribution is -0.143. The molecule has 1 N–H and O–H groups in total. The molecule has 0 aliphatic carbocycles. The standard InChI is InChI=1S/C14H20N2O4/c1-14(2,3)20-13(18)16-11(12(17)19-4)8-10-6-5-7-15-9-10/h5-7,9,11H,8H2,1-4H3,(H,16,18)/t11-/m0/s1. The number of methoxy groups -OCH3 is 1. The van der Waals surface area contributed by atoms with Crippen molar-refractivity contribution in [2.75, 3.05) is 7.11 Å². The molecule has 0 spiro atoms. The minimum atomic E-state index is -0.806. The van der Waals surface area contributed by atoms with E-state index in [1.807, 2.05) is 6.07 Å². The largest absolute Gasteiger partial charge is 0.467 e. The number of pyridine rings is 1. The van der Waals surface area contributed by atoms with Gasteiger partial charge in [0.05, 0.1) is 7.11 Å². The number of ether oxygens (including phenoxy) is 2. The molecule has 1 amide bonds. The van der Waals surface area contributed by atoms with Gasteiger partial charge in [0, 0.05) is 18.8 Å². The molecule has 0 aliphatic rings. The first kappa shape index (κ1) is 15.9. The molecule has 110 valence electrons. The second-order valence-corrected chi connectivity index (χ2v) is 5.29. The Balaban J connectivity index is 2.70. The van der Waals surface area contributed by atoms with Crippen LogP contribution in [0, 0.1) is 0 Å². The van der Waals surface area contributed by atoms with Gasteiger partial charge in [-0.3, -0.25) is 4.98 Å². The van der Waals surface area contributed by atoms with Gasteiger partial charge in [-0.25, -0.2) is 9.59 Å². The molecule has 6 heteroatoms. The Labute approximate surface area is 118 Å². The quantitative estimate of drug-likeness (QED) is 0.849. The third kappa shape index (κ3) is 5.69. The SMILES string of the molecule is COC(=O)[C@H](Cc1cccnc1)NC(=O)OC(C)(C)C. The summed E-state index contributed by atoms with van der Waals surface area (Å²) >= 11 is 0. The van der Waals surface area contributed by atoms with E-state index in [1.54, 1.807) is 39.2 Å². The van der Waals surface area contributed by atoms with E-state index in [0.717, 1.165) is 5.56 Å². The van der Waals surface area contributed by atoms with E-state index in [1.165, 1.54) is 7.11 Å². The number of rotatable bonds is 4. The molecule has 0 saturated carbocycles. The smallest absolute Gasteiger partial charge is 0.408 e. The van der Waals surface area contributed by atoms with Crippen LogP contribution in [0.5, 0.6) is 0 Å². The molecule has 1 atom stereocenters. The van der Waals surface area contributed by atoms with Crippen LogP contribution in [0.1, 0.15) is 26.3 Å². The minimum Gasteiger partial charge on any atom is -0.467 e. The number of aromatic nitrogens is 1. The number of carbonyl (C=O) groups is 2. The Morgan fingerprint density at radius 2 is 2.10 bits per heavy atom. The summed E-state index contributed by atoms with van der Waals surface area (Å²) in [4.78, 5) is 27.4. The van der Waals surface area contributed by atoms with Crippen molar-refractivity contribution in [3.63, 3.8) is 0 Å². The fraction of sp³-hybridized carbons (Fsp3) is 0.500. The zero-order valence-electron chi connectivity index (χ0n) is 12.2. The molecule has 1 rings (SSSR count). The molecule has 0 fully saturated rings. The van der Waals surface area contributed by atoms with Crippen molar-refractivity contribution in [2.45, 2.75) is 38.8 Å². The number of nitrogens with one attached hydrogen (secondary N) is 1. The third-order valence-corrected chi connectivity index (χ3v) is 2.34. The van der Waals surface area contributed by atoms with Crippen molar-refractivity contribution < 1.29 is 19.1 Å². The van der Waals surface area contributed by atoms with E-state index in [9.17, 15) is 9.59 Å². The molecule has 1 aromatic heterocycles. The first-order valence-electron chi connectivity index (χ1n) is 6.28. The summed E-state index contributed by atoms with van der Waals surface area (Å²) in [7, 11) is 1.27. The highest BCUT2D eigenvalue weighted by Gasteiger charge is 2.25. The van der Waals surface area contributed by atoms with Crippen molar-refractivity contribution in [1.82, 2.24) is 10.3 Å². The number of esters is 1. The van der Waals surface area contributed by atoms with Gasteiger partial charge in [0.2, 0.25) is 0 Å². The number of carbonyl (C=O) groups excluding carboxylic acids is 2. The number of alkyl carbamates (subject to hydrolysis) is 1. The fourth-order valence-corrected chi connectivity index (χ4v) is 1.54. The van der Waals surface area contributed by atoms with Crippen LogP contribution in [0.3, 0.4) is 0 Å². The van der Waals surface area contributed by atoms with Crippen molar-refractivity contribution in [3.05, 3.63) is 30.1 Å². The third-order valence-electron chi connectivity index (χ3n) is 2.34. The molecule has 0 aliphatic heterocycles. The van der Waals surface area contributed by atoms with Gasteiger partial charge in [-0.05, 0) is 32.4 Å². The lowest BCUT2D eigenvalue weighted by Crippen LogP contribution is -2.45. The van der Waals surface area contributed by atoms with Crippen molar-refractivity contribution >= 4 is 12.1 Å². The molecule has 6 nitrogen and oxygen atoms in total. The summed E-state index contributed by atoms with van der Waals surface area (Å²) in [6.45, 7) is 5.25. The average molecular weight is 280 g/mol. The van der Waals surface area contributed by atoms with Gasteiger partial charge in [-0.1, -0.05) is 6.07 Å². The Bertz CT molecular complexity index is 454. The molecule has 0 saturated heterocycles. The van der Waals surface area contributed by atoms with E-state index in [4.69, 9.17) is 4.74 Å². The van der Waals surface area contributed by atoms with E-state index in [0.29, 0.717) is 6.42 Å². The van der Waals surface area contributed by atoms with E-state index in [2.05, 4.69) is 15.0 Å². The van der Waals surface area contributed by atoms with E-state index in [-0.39, 0.29) is 0 Å². The van der Waals surface area contributed by atoms with Crippen LogP contribution in [0.15, 0.2) is 24.5 Å². The lowest BCUT2D eigenvalue weighted by Gasteiger charge is -2.22. The predicted molar refractivity (Wildman–Crippen MR) is 73.1 cm³/mol. The number of hydrogen-bond acceptors (Lipinski definition) is 5. The van der Waals surface area contributed by atoms with Crippen LogP contribution < -0.4 is 5.32 Å². The molecule has 20 heavy (non-hydrogen) atoms. The number of nitrogens with zero attached hydrogens (tertiary/aromatic N) is 1. The molecule has 0 bridgehead atoms. The van der Waals surface area contributed by atoms with Crippen molar-refractivity contribution in [2.24, 2.45) is 0 Å². The van der Waals surface area contributed by atoms with Gasteiger partial charge < -0.3 is 14.8 Å². The van der Waals surface area contributed by atoms with Gasteiger partial charge in [0.1, 0.15) is 11.6 Å². The van der Waals surface area contributed by atoms with Crippen LogP contribution in [0.2, 0.25) is 0 Å². The van der Waals surface area contributed by atoms with Crippen LogP contribution in [-0.2, 0) is 20.7 Å². The molecular formula is C14H20N2O4. The highest BCUT2D eigenvalue weighted by molar-refractivity contribution is 5.81. The summed E-state index contributed by atoms with van der Waals surface area (Å²) in [5, 5.41) is 2.51. The summed E-state index contributed by atoms with van der Waals surface area (Å²) in [6.07, 6.45) is 2.90. The summed E-state index contributed by atoms with van der Waals surface area (Å²) < 4.78 is 9.81. The van der Waals surface area contributed by atoms with Crippen LogP contribution in [0.25, 0.3) is 0 Å². The van der Waals surface area contributed by atoms with Crippen molar-refractivity contribution in [3.8, 4) is 0 Å². The lowest BCUT2D eigenvalue weighted by atomic mass is 10.1. The summed E-state index contributed by atoms with van der Waals surface area (Å²) in [6, 6.07) is 2.77. The normalized spacial score (nSPS) is 12.4. The van der Waals surface area contributed by atoms with E-state index < -0.39 is 23.7 Å². The fourth-order valence-electron chi connectivity index (χ4n) is 1.54. The van der Waals surface area contributed by atoms with Gasteiger partial charge in [0.25, 0.3) is 0 Å². The Morgan fingerprint density at radius 1 is 1.40 bits per heavy atom. The zero-order chi connectivity index (χ0) is 15.2. The minimum absolute atomic E-state index is 0.291. The van der Waals surface area contributed by atoms with Crippen LogP contribution >= 0.6 is 0 Å².